The number of hydrogen-bond acceptors (Lipinski definition) is 8. The van der Waals surface area contributed by atoms with E-state index in [-0.39, 0.29) is 34.9 Å². The third-order valence-corrected chi connectivity index (χ3v) is 9.87. The molecule has 0 unspecified atom stereocenters. The molecule has 3 aliphatic carbocycles. The number of amides is 2. The van der Waals surface area contributed by atoms with Crippen LogP contribution in [0, 0.1) is 28.1 Å². The van der Waals surface area contributed by atoms with Crippen LogP contribution in [0.25, 0.3) is 0 Å². The molecular formula is C29H44BN5O5S. The maximum atomic E-state index is 13.8. The zero-order chi connectivity index (χ0) is 29.8. The molecule has 41 heavy (non-hydrogen) atoms. The van der Waals surface area contributed by atoms with Crippen LogP contribution < -0.4 is 21.4 Å². The fourth-order valence-electron chi connectivity index (χ4n) is 6.84. The Bertz CT molecular complexity index is 1130. The highest BCUT2D eigenvalue weighted by molar-refractivity contribution is 7.08. The van der Waals surface area contributed by atoms with E-state index in [2.05, 4.69) is 67.9 Å². The van der Waals surface area contributed by atoms with Gasteiger partial charge < -0.3 is 25.3 Å². The predicted octanol–water partition coefficient (Wildman–Crippen LogP) is 4.31. The van der Waals surface area contributed by atoms with Gasteiger partial charge in [-0.3, -0.25) is 9.59 Å². The van der Waals surface area contributed by atoms with Gasteiger partial charge in [0.05, 0.1) is 28.5 Å². The number of carbonyl (C=O) groups is 2. The fourth-order valence-corrected chi connectivity index (χ4v) is 7.47. The van der Waals surface area contributed by atoms with Crippen LogP contribution in [-0.2, 0) is 14.1 Å². The molecule has 2 heterocycles. The van der Waals surface area contributed by atoms with Gasteiger partial charge in [0, 0.05) is 11.9 Å². The highest BCUT2D eigenvalue weighted by Crippen LogP contribution is 2.65. The van der Waals surface area contributed by atoms with E-state index in [1.807, 2.05) is 5.38 Å². The van der Waals surface area contributed by atoms with Gasteiger partial charge in [0.1, 0.15) is 11.9 Å². The summed E-state index contributed by atoms with van der Waals surface area (Å²) >= 11 is 1.42. The first-order valence-corrected chi connectivity index (χ1v) is 15.6. The number of thiophene rings is 1. The molecule has 1 aromatic heterocycles. The molecule has 1 aromatic rings. The van der Waals surface area contributed by atoms with Crippen LogP contribution in [-0.4, -0.2) is 49.2 Å². The summed E-state index contributed by atoms with van der Waals surface area (Å²) in [7, 11) is -0.546. The van der Waals surface area contributed by atoms with Crippen molar-refractivity contribution in [1.82, 2.24) is 21.4 Å². The van der Waals surface area contributed by atoms with E-state index in [1.165, 1.54) is 17.4 Å². The maximum absolute atomic E-state index is 13.8. The van der Waals surface area contributed by atoms with Crippen LogP contribution in [0.3, 0.4) is 0 Å². The topological polar surface area (TPSA) is 130 Å². The molecule has 4 fully saturated rings. The van der Waals surface area contributed by atoms with Crippen molar-refractivity contribution in [3.8, 4) is 0 Å². The molecule has 5 rings (SSSR count). The second kappa shape index (κ2) is 13.1. The molecule has 6 atom stereocenters. The van der Waals surface area contributed by atoms with Gasteiger partial charge in [0.15, 0.2) is 0 Å². The van der Waals surface area contributed by atoms with Crippen molar-refractivity contribution in [3.05, 3.63) is 51.8 Å². The van der Waals surface area contributed by atoms with E-state index in [0.717, 1.165) is 12.8 Å². The Hall–Kier alpha value is -2.70. The van der Waals surface area contributed by atoms with Crippen LogP contribution in [0.4, 0.5) is 0 Å². The zero-order valence-corrected chi connectivity index (χ0v) is 25.6. The molecule has 3 saturated carbocycles. The quantitative estimate of drug-likeness (QED) is 0.0794. The van der Waals surface area contributed by atoms with Gasteiger partial charge in [-0.1, -0.05) is 40.3 Å². The van der Waals surface area contributed by atoms with Gasteiger partial charge in [-0.2, -0.15) is 11.3 Å². The van der Waals surface area contributed by atoms with Crippen LogP contribution in [0.5, 0.6) is 0 Å². The lowest BCUT2D eigenvalue weighted by molar-refractivity contribution is -0.199. The van der Waals surface area contributed by atoms with Crippen molar-refractivity contribution >= 4 is 30.3 Å². The average molecular weight is 586 g/mol. The molecule has 4 N–H and O–H groups in total. The Kier molecular flexibility index (Phi) is 9.97. The van der Waals surface area contributed by atoms with E-state index < -0.39 is 13.2 Å². The lowest BCUT2D eigenvalue weighted by Crippen LogP contribution is -2.65. The Balaban J connectivity index is 1.44. The molecule has 1 aliphatic heterocycles. The van der Waals surface area contributed by atoms with Gasteiger partial charge in [-0.15, -0.1) is 4.91 Å². The van der Waals surface area contributed by atoms with Crippen molar-refractivity contribution in [1.29, 1.82) is 0 Å². The number of allylic oxidation sites excluding steroid dienone is 2. The third kappa shape index (κ3) is 6.86. The van der Waals surface area contributed by atoms with Crippen LogP contribution >= 0.6 is 11.3 Å². The predicted molar refractivity (Wildman–Crippen MR) is 162 cm³/mol. The number of carbonyl (C=O) groups excluding carboxylic acids is 2. The van der Waals surface area contributed by atoms with Crippen molar-refractivity contribution in [2.45, 2.75) is 90.4 Å². The third-order valence-electron chi connectivity index (χ3n) is 9.19. The van der Waals surface area contributed by atoms with E-state index in [0.29, 0.717) is 54.9 Å². The highest BCUT2D eigenvalue weighted by atomic mass is 32.1. The van der Waals surface area contributed by atoms with Crippen LogP contribution in [0.2, 0.25) is 0 Å². The van der Waals surface area contributed by atoms with Crippen molar-refractivity contribution in [2.75, 3.05) is 6.54 Å². The second-order valence-electron chi connectivity index (χ2n) is 12.7. The first kappa shape index (κ1) is 31.2. The molecule has 224 valence electrons. The van der Waals surface area contributed by atoms with Gasteiger partial charge in [-0.05, 0) is 79.7 Å². The van der Waals surface area contributed by atoms with Gasteiger partial charge in [0.25, 0.3) is 5.91 Å². The summed E-state index contributed by atoms with van der Waals surface area (Å²) in [5.41, 5.74) is 2.70. The summed E-state index contributed by atoms with van der Waals surface area (Å²) in [4.78, 5) is 37.3. The van der Waals surface area contributed by atoms with Gasteiger partial charge in [0.2, 0.25) is 5.91 Å². The number of hydrogen-bond donors (Lipinski definition) is 4. The first-order valence-electron chi connectivity index (χ1n) is 14.6. The zero-order valence-electron chi connectivity index (χ0n) is 24.8. The molecular weight excluding hydrogens is 541 g/mol. The lowest BCUT2D eigenvalue weighted by atomic mass is 9.43. The standard InChI is InChI=1S/C29H44BN5O5S/c1-7-9-25(34-35-38)31-12-8-10-21(32-26(36)19-11-13-41-17-19)27(37)33-24(14-18(2)3)30-39-23-16-20-15-22(28(20,4)5)29(23,6)40-30/h7,9,11,13,17-18,20-24,31H,1,8,10,12,14-16H2,2-6H3,(H,32,36)(H,33,37)(H,34,38)/b25-9+/t20-,21-,22-,23+,24-,29-/m0/s1. The van der Waals surface area contributed by atoms with Gasteiger partial charge >= 0.3 is 7.12 Å². The minimum atomic E-state index is -0.770. The van der Waals surface area contributed by atoms with Crippen molar-refractivity contribution in [3.63, 3.8) is 0 Å². The molecule has 4 aliphatic rings. The average Bonchev–Trinajstić information content (AvgIpc) is 3.57. The maximum Gasteiger partial charge on any atom is 0.481 e. The summed E-state index contributed by atoms with van der Waals surface area (Å²) in [6, 6.07) is 0.964. The number of rotatable bonds is 15. The van der Waals surface area contributed by atoms with Gasteiger partial charge in [-0.25, -0.2) is 5.43 Å². The lowest BCUT2D eigenvalue weighted by Gasteiger charge is -2.64. The number of nitroso groups, excluding NO2 is 1. The minimum absolute atomic E-state index is 0.0169. The summed E-state index contributed by atoms with van der Waals surface area (Å²) < 4.78 is 13.2. The molecule has 10 nitrogen and oxygen atoms in total. The fraction of sp³-hybridized carbons (Fsp3) is 0.655. The molecule has 0 radical (unpaired) electrons. The van der Waals surface area contributed by atoms with E-state index in [4.69, 9.17) is 9.31 Å². The summed E-state index contributed by atoms with van der Waals surface area (Å²) in [6.45, 7) is 15.1. The van der Waals surface area contributed by atoms with E-state index in [9.17, 15) is 14.5 Å². The number of nitrogens with zero attached hydrogens (tertiary/aromatic N) is 1. The monoisotopic (exact) mass is 585 g/mol. The van der Waals surface area contributed by atoms with Crippen molar-refractivity contribution < 1.29 is 18.9 Å². The summed E-state index contributed by atoms with van der Waals surface area (Å²) in [5, 5.41) is 15.4. The largest absolute Gasteiger partial charge is 0.481 e. The molecule has 1 saturated heterocycles. The normalized spacial score (nSPS) is 27.7. The highest BCUT2D eigenvalue weighted by Gasteiger charge is 2.68. The SMILES string of the molecule is C=C/C=C(\NCCC[C@H](NC(=O)c1ccsc1)C(=O)N[C@@H](CC(C)C)B1O[C@@H]2C[C@@H]3C[C@@H](C3(C)C)[C@]2(C)O1)NN=O. The van der Waals surface area contributed by atoms with Crippen molar-refractivity contribution in [2.24, 2.45) is 28.5 Å². The second-order valence-corrected chi connectivity index (χ2v) is 13.5. The Morgan fingerprint density at radius 1 is 1.27 bits per heavy atom. The molecule has 0 aromatic carbocycles. The molecule has 0 spiro atoms. The minimum Gasteiger partial charge on any atom is -0.404 e. The summed E-state index contributed by atoms with van der Waals surface area (Å²) in [6.07, 6.45) is 6.87. The smallest absolute Gasteiger partial charge is 0.404 e. The summed E-state index contributed by atoms with van der Waals surface area (Å²) in [5.74, 6) is 0.836. The van der Waals surface area contributed by atoms with Crippen LogP contribution in [0.1, 0.15) is 77.1 Å². The Labute approximate surface area is 247 Å². The number of nitrogens with one attached hydrogen (secondary N) is 4. The Morgan fingerprint density at radius 3 is 2.68 bits per heavy atom. The molecule has 2 amide bonds. The van der Waals surface area contributed by atoms with E-state index >= 15 is 0 Å². The Morgan fingerprint density at radius 2 is 2.05 bits per heavy atom. The molecule has 12 heteroatoms. The first-order chi connectivity index (χ1) is 19.5. The van der Waals surface area contributed by atoms with E-state index in [1.54, 1.807) is 17.5 Å². The molecule has 2 bridgehead atoms. The van der Waals surface area contributed by atoms with Crippen LogP contribution in [0.15, 0.2) is 46.7 Å².